The Morgan fingerprint density at radius 2 is 2.20 bits per heavy atom. The molecule has 3 N–H and O–H groups in total. The van der Waals surface area contributed by atoms with Gasteiger partial charge in [0.05, 0.1) is 0 Å². The number of aryl methyl sites for hydroxylation is 1. The molecule has 3 nitrogen and oxygen atoms in total. The first-order chi connectivity index (χ1) is 9.67. The maximum absolute atomic E-state index is 13.3. The van der Waals surface area contributed by atoms with E-state index < -0.39 is 6.43 Å². The van der Waals surface area contributed by atoms with E-state index in [9.17, 15) is 8.78 Å². The van der Waals surface area contributed by atoms with Crippen LogP contribution in [-0.4, -0.2) is 19.8 Å². The molecule has 0 fully saturated rings. The van der Waals surface area contributed by atoms with Crippen molar-refractivity contribution in [2.45, 2.75) is 25.7 Å². The number of hydrogen-bond acceptors (Lipinski definition) is 3. The van der Waals surface area contributed by atoms with E-state index in [1.54, 1.807) is 13.1 Å². The minimum absolute atomic E-state index is 0.00486. The van der Waals surface area contributed by atoms with E-state index in [1.807, 2.05) is 6.07 Å². The Hall–Kier alpha value is -1.91. The van der Waals surface area contributed by atoms with Crippen LogP contribution in [0.25, 0.3) is 5.57 Å². The Balaban J connectivity index is 2.56. The summed E-state index contributed by atoms with van der Waals surface area (Å²) in [5.41, 5.74) is 8.41. The quantitative estimate of drug-likeness (QED) is 0.833. The second-order valence-corrected chi connectivity index (χ2v) is 4.79. The smallest absolute Gasteiger partial charge is 0.264 e. The molecule has 1 aromatic rings. The van der Waals surface area contributed by atoms with Crippen molar-refractivity contribution in [2.75, 3.05) is 18.9 Å². The van der Waals surface area contributed by atoms with Crippen LogP contribution in [0.15, 0.2) is 23.3 Å². The van der Waals surface area contributed by atoms with Gasteiger partial charge in [0.2, 0.25) is 0 Å². The molecule has 1 aromatic carbocycles. The first-order valence-corrected chi connectivity index (χ1v) is 6.70. The Morgan fingerprint density at radius 1 is 1.40 bits per heavy atom. The number of nitrogens with zero attached hydrogens (tertiary/aromatic N) is 1. The molecule has 0 saturated carbocycles. The number of nitrogens with two attached hydrogens (primary N) is 1. The van der Waals surface area contributed by atoms with Gasteiger partial charge in [-0.1, -0.05) is 0 Å². The van der Waals surface area contributed by atoms with E-state index in [0.717, 1.165) is 37.1 Å². The summed E-state index contributed by atoms with van der Waals surface area (Å²) >= 11 is 0. The third kappa shape index (κ3) is 2.98. The van der Waals surface area contributed by atoms with Crippen molar-refractivity contribution in [3.63, 3.8) is 0 Å². The number of aliphatic imine (C=N–C) groups is 1. The average molecular weight is 279 g/mol. The van der Waals surface area contributed by atoms with Gasteiger partial charge in [-0.05, 0) is 42.5 Å². The molecule has 5 heteroatoms. The zero-order chi connectivity index (χ0) is 14.5. The molecule has 1 aliphatic rings. The van der Waals surface area contributed by atoms with Gasteiger partial charge in [0.15, 0.2) is 0 Å². The van der Waals surface area contributed by atoms with Crippen LogP contribution in [0.3, 0.4) is 0 Å². The van der Waals surface area contributed by atoms with Crippen LogP contribution in [0.5, 0.6) is 0 Å². The molecule has 0 atom stereocenters. The molecule has 20 heavy (non-hydrogen) atoms. The zero-order valence-electron chi connectivity index (χ0n) is 11.5. The third-order valence-electron chi connectivity index (χ3n) is 3.46. The summed E-state index contributed by atoms with van der Waals surface area (Å²) in [5, 5.41) is 3.22. The highest BCUT2D eigenvalue weighted by Gasteiger charge is 2.19. The summed E-state index contributed by atoms with van der Waals surface area (Å²) in [7, 11) is 1.59. The fourth-order valence-corrected chi connectivity index (χ4v) is 2.47. The molecule has 2 rings (SSSR count). The Bertz CT molecular complexity index is 536. The average Bonchev–Trinajstić information content (AvgIpc) is 2.67. The molecule has 108 valence electrons. The Labute approximate surface area is 117 Å². The zero-order valence-corrected chi connectivity index (χ0v) is 11.5. The highest BCUT2D eigenvalue weighted by molar-refractivity contribution is 6.10. The normalized spacial score (nSPS) is 16.1. The van der Waals surface area contributed by atoms with Crippen LogP contribution in [0, 0.1) is 0 Å². The van der Waals surface area contributed by atoms with Crippen molar-refractivity contribution in [1.29, 1.82) is 0 Å². The van der Waals surface area contributed by atoms with E-state index in [2.05, 4.69) is 10.3 Å². The molecular formula is C15H19F2N3. The molecular weight excluding hydrogens is 260 g/mol. The van der Waals surface area contributed by atoms with Crippen LogP contribution >= 0.6 is 0 Å². The lowest BCUT2D eigenvalue weighted by molar-refractivity contribution is 0.151. The molecule has 0 amide bonds. The molecule has 0 aliphatic carbocycles. The van der Waals surface area contributed by atoms with Gasteiger partial charge in [-0.25, -0.2) is 8.78 Å². The predicted molar refractivity (Wildman–Crippen MR) is 79.4 cm³/mol. The Kier molecular flexibility index (Phi) is 4.71. The van der Waals surface area contributed by atoms with Crippen LogP contribution in [-0.2, 0) is 6.42 Å². The fraction of sp³-hybridized carbons (Fsp3) is 0.400. The first-order valence-electron chi connectivity index (χ1n) is 6.70. The second kappa shape index (κ2) is 6.50. The number of allylic oxidation sites excluding steroid dienone is 1. The second-order valence-electron chi connectivity index (χ2n) is 4.79. The highest BCUT2D eigenvalue weighted by atomic mass is 19.3. The molecule has 0 spiro atoms. The van der Waals surface area contributed by atoms with Gasteiger partial charge in [0, 0.05) is 42.8 Å². The van der Waals surface area contributed by atoms with E-state index in [0.29, 0.717) is 11.1 Å². The third-order valence-corrected chi connectivity index (χ3v) is 3.46. The lowest BCUT2D eigenvalue weighted by atomic mass is 9.95. The lowest BCUT2D eigenvalue weighted by Crippen LogP contribution is -2.04. The largest absolute Gasteiger partial charge is 0.404 e. The molecule has 1 heterocycles. The van der Waals surface area contributed by atoms with Crippen LogP contribution in [0.1, 0.15) is 36.0 Å². The fourth-order valence-electron chi connectivity index (χ4n) is 2.47. The van der Waals surface area contributed by atoms with E-state index in [4.69, 9.17) is 5.73 Å². The van der Waals surface area contributed by atoms with Crippen LogP contribution < -0.4 is 11.1 Å². The first kappa shape index (κ1) is 14.5. The van der Waals surface area contributed by atoms with Crippen LogP contribution in [0.4, 0.5) is 14.5 Å². The van der Waals surface area contributed by atoms with E-state index >= 15 is 0 Å². The summed E-state index contributed by atoms with van der Waals surface area (Å²) in [6.45, 7) is 0.824. The van der Waals surface area contributed by atoms with Gasteiger partial charge >= 0.3 is 0 Å². The van der Waals surface area contributed by atoms with Gasteiger partial charge in [-0.3, -0.25) is 4.99 Å². The SMILES string of the molecule is CN=CC(=CN)c1cc2c(cc1C(F)F)NCCCC2. The van der Waals surface area contributed by atoms with E-state index in [-0.39, 0.29) is 5.56 Å². The molecule has 0 saturated heterocycles. The number of anilines is 1. The van der Waals surface area contributed by atoms with Crippen molar-refractivity contribution in [3.05, 3.63) is 35.0 Å². The van der Waals surface area contributed by atoms with Crippen LogP contribution in [0.2, 0.25) is 0 Å². The summed E-state index contributed by atoms with van der Waals surface area (Å²) < 4.78 is 26.6. The Morgan fingerprint density at radius 3 is 2.85 bits per heavy atom. The van der Waals surface area contributed by atoms with Crippen molar-refractivity contribution in [2.24, 2.45) is 10.7 Å². The summed E-state index contributed by atoms with van der Waals surface area (Å²) in [5.74, 6) is 0. The lowest BCUT2D eigenvalue weighted by Gasteiger charge is -2.15. The van der Waals surface area contributed by atoms with Crippen molar-refractivity contribution < 1.29 is 8.78 Å². The number of rotatable bonds is 3. The summed E-state index contributed by atoms with van der Waals surface area (Å²) in [6.07, 6.45) is 3.28. The highest BCUT2D eigenvalue weighted by Crippen LogP contribution is 2.34. The molecule has 0 unspecified atom stereocenters. The van der Waals surface area contributed by atoms with Gasteiger partial charge in [-0.2, -0.15) is 0 Å². The molecule has 0 aromatic heterocycles. The number of hydrogen-bond donors (Lipinski definition) is 2. The number of fused-ring (bicyclic) bond motifs is 1. The summed E-state index contributed by atoms with van der Waals surface area (Å²) in [4.78, 5) is 3.88. The minimum atomic E-state index is -2.54. The van der Waals surface area contributed by atoms with Gasteiger partial charge in [-0.15, -0.1) is 0 Å². The minimum Gasteiger partial charge on any atom is -0.404 e. The predicted octanol–water partition coefficient (Wildman–Crippen LogP) is 3.37. The maximum Gasteiger partial charge on any atom is 0.264 e. The molecule has 1 aliphatic heterocycles. The molecule has 0 radical (unpaired) electrons. The molecule has 0 bridgehead atoms. The van der Waals surface area contributed by atoms with E-state index in [1.165, 1.54) is 12.4 Å². The van der Waals surface area contributed by atoms with Gasteiger partial charge in [0.25, 0.3) is 6.43 Å². The van der Waals surface area contributed by atoms with Gasteiger partial charge in [0.1, 0.15) is 0 Å². The number of alkyl halides is 2. The number of benzene rings is 1. The van der Waals surface area contributed by atoms with Crippen molar-refractivity contribution >= 4 is 17.5 Å². The summed E-state index contributed by atoms with van der Waals surface area (Å²) in [6, 6.07) is 3.36. The van der Waals surface area contributed by atoms with Crippen molar-refractivity contribution in [3.8, 4) is 0 Å². The topological polar surface area (TPSA) is 50.4 Å². The number of nitrogens with one attached hydrogen (secondary N) is 1. The standard InChI is InChI=1S/C15H19F2N3/c1-19-9-11(8-18)12-6-10-4-2-3-5-20-14(10)7-13(12)15(16)17/h6-9,15,20H,2-5,18H2,1H3. The van der Waals surface area contributed by atoms with Crippen molar-refractivity contribution in [1.82, 2.24) is 0 Å². The number of halogens is 2. The van der Waals surface area contributed by atoms with Gasteiger partial charge < -0.3 is 11.1 Å². The monoisotopic (exact) mass is 279 g/mol. The maximum atomic E-state index is 13.3.